The molecule has 2 rings (SSSR count). The molecule has 0 fully saturated rings. The first-order chi connectivity index (χ1) is 8.56. The van der Waals surface area contributed by atoms with Crippen LogP contribution in [0.25, 0.3) is 0 Å². The zero-order chi connectivity index (χ0) is 13.1. The minimum atomic E-state index is -0.765. The highest BCUT2D eigenvalue weighted by atomic mass is 16.5. The molecule has 0 aromatic heterocycles. The van der Waals surface area contributed by atoms with Gasteiger partial charge in [-0.3, -0.25) is 4.79 Å². The Bertz CT molecular complexity index is 443. The molecule has 0 saturated heterocycles. The van der Waals surface area contributed by atoms with E-state index in [1.165, 1.54) is 5.56 Å². The maximum atomic E-state index is 10.6. The number of hydrogen-bond donors (Lipinski definition) is 2. The van der Waals surface area contributed by atoms with E-state index in [2.05, 4.69) is 31.3 Å². The van der Waals surface area contributed by atoms with Crippen LogP contribution in [0.3, 0.4) is 0 Å². The first kappa shape index (κ1) is 12.7. The van der Waals surface area contributed by atoms with Gasteiger partial charge in [-0.05, 0) is 30.0 Å². The third kappa shape index (κ3) is 2.94. The van der Waals surface area contributed by atoms with Crippen molar-refractivity contribution < 1.29 is 14.6 Å². The predicted molar refractivity (Wildman–Crippen MR) is 70.3 cm³/mol. The van der Waals surface area contributed by atoms with Crippen molar-refractivity contribution in [1.29, 1.82) is 0 Å². The number of hydrogen-bond acceptors (Lipinski definition) is 3. The Labute approximate surface area is 107 Å². The molecule has 1 unspecified atom stereocenters. The number of carboxylic acids is 1. The second-order valence-electron chi connectivity index (χ2n) is 4.99. The van der Waals surface area contributed by atoms with Crippen molar-refractivity contribution >= 4 is 11.7 Å². The summed E-state index contributed by atoms with van der Waals surface area (Å²) < 4.78 is 5.65. The van der Waals surface area contributed by atoms with E-state index in [-0.39, 0.29) is 12.5 Å². The van der Waals surface area contributed by atoms with E-state index in [9.17, 15) is 4.79 Å². The quantitative estimate of drug-likeness (QED) is 0.861. The molecule has 0 spiro atoms. The fourth-order valence-electron chi connectivity index (χ4n) is 2.05. The number of benzene rings is 1. The van der Waals surface area contributed by atoms with Crippen molar-refractivity contribution in [3.63, 3.8) is 0 Å². The number of rotatable bonds is 4. The summed E-state index contributed by atoms with van der Waals surface area (Å²) in [5.74, 6) is 0.556. The lowest BCUT2D eigenvalue weighted by molar-refractivity contribution is -0.137. The lowest BCUT2D eigenvalue weighted by Gasteiger charge is -2.28. The van der Waals surface area contributed by atoms with Crippen LogP contribution in [0.15, 0.2) is 18.2 Å². The van der Waals surface area contributed by atoms with Gasteiger partial charge in [-0.1, -0.05) is 19.9 Å². The molecular weight excluding hydrogens is 230 g/mol. The Morgan fingerprint density at radius 2 is 2.33 bits per heavy atom. The standard InChI is InChI=1S/C14H19NO3/c1-9(2)10-3-5-13-12(7-10)15-11(8-18-13)4-6-14(16)17/h3,5,7,9,11,15H,4,6,8H2,1-2H3,(H,16,17). The van der Waals surface area contributed by atoms with Crippen molar-refractivity contribution in [3.8, 4) is 5.75 Å². The second-order valence-corrected chi connectivity index (χ2v) is 4.99. The van der Waals surface area contributed by atoms with Gasteiger partial charge >= 0.3 is 5.97 Å². The lowest BCUT2D eigenvalue weighted by Crippen LogP contribution is -2.32. The highest BCUT2D eigenvalue weighted by molar-refractivity contribution is 5.67. The van der Waals surface area contributed by atoms with Crippen molar-refractivity contribution in [2.45, 2.75) is 38.6 Å². The van der Waals surface area contributed by atoms with Crippen LogP contribution in [0.4, 0.5) is 5.69 Å². The van der Waals surface area contributed by atoms with Crippen LogP contribution >= 0.6 is 0 Å². The van der Waals surface area contributed by atoms with Crippen LogP contribution < -0.4 is 10.1 Å². The van der Waals surface area contributed by atoms with Gasteiger partial charge in [-0.2, -0.15) is 0 Å². The fraction of sp³-hybridized carbons (Fsp3) is 0.500. The largest absolute Gasteiger partial charge is 0.489 e. The monoisotopic (exact) mass is 249 g/mol. The summed E-state index contributed by atoms with van der Waals surface area (Å²) >= 11 is 0. The van der Waals surface area contributed by atoms with Gasteiger partial charge in [0.2, 0.25) is 0 Å². The Morgan fingerprint density at radius 3 is 3.00 bits per heavy atom. The summed E-state index contributed by atoms with van der Waals surface area (Å²) in [6.45, 7) is 4.82. The SMILES string of the molecule is CC(C)c1ccc2c(c1)NC(CCC(=O)O)CO2. The van der Waals surface area contributed by atoms with Gasteiger partial charge in [0, 0.05) is 6.42 Å². The first-order valence-corrected chi connectivity index (χ1v) is 6.31. The zero-order valence-corrected chi connectivity index (χ0v) is 10.8. The number of ether oxygens (including phenoxy) is 1. The number of anilines is 1. The summed E-state index contributed by atoms with van der Waals surface area (Å²) in [5, 5.41) is 12.0. The van der Waals surface area contributed by atoms with E-state index >= 15 is 0 Å². The predicted octanol–water partition coefficient (Wildman–Crippen LogP) is 2.85. The van der Waals surface area contributed by atoms with E-state index < -0.39 is 5.97 Å². The summed E-state index contributed by atoms with van der Waals surface area (Å²) in [6, 6.07) is 6.22. The molecular formula is C14H19NO3. The van der Waals surface area contributed by atoms with Gasteiger partial charge in [-0.25, -0.2) is 0 Å². The van der Waals surface area contributed by atoms with E-state index in [4.69, 9.17) is 9.84 Å². The van der Waals surface area contributed by atoms with Crippen molar-refractivity contribution in [2.24, 2.45) is 0 Å². The Hall–Kier alpha value is -1.71. The number of aliphatic carboxylic acids is 1. The molecule has 0 saturated carbocycles. The minimum Gasteiger partial charge on any atom is -0.489 e. The molecule has 1 atom stereocenters. The molecule has 0 aliphatic carbocycles. The zero-order valence-electron chi connectivity index (χ0n) is 10.8. The van der Waals surface area contributed by atoms with E-state index in [1.54, 1.807) is 0 Å². The molecule has 1 heterocycles. The van der Waals surface area contributed by atoms with Gasteiger partial charge < -0.3 is 15.2 Å². The smallest absolute Gasteiger partial charge is 0.303 e. The highest BCUT2D eigenvalue weighted by Gasteiger charge is 2.20. The molecule has 4 heteroatoms. The lowest BCUT2D eigenvalue weighted by atomic mass is 10.0. The van der Waals surface area contributed by atoms with Crippen molar-refractivity contribution in [2.75, 3.05) is 11.9 Å². The molecule has 1 aromatic rings. The van der Waals surface area contributed by atoms with E-state index in [0.29, 0.717) is 18.9 Å². The van der Waals surface area contributed by atoms with Crippen LogP contribution in [0.1, 0.15) is 38.2 Å². The fourth-order valence-corrected chi connectivity index (χ4v) is 2.05. The van der Waals surface area contributed by atoms with Crippen LogP contribution in [-0.4, -0.2) is 23.7 Å². The normalized spacial score (nSPS) is 17.8. The van der Waals surface area contributed by atoms with Crippen LogP contribution in [0.5, 0.6) is 5.75 Å². The molecule has 2 N–H and O–H groups in total. The summed E-state index contributed by atoms with van der Waals surface area (Å²) in [5.41, 5.74) is 2.23. The van der Waals surface area contributed by atoms with Crippen molar-refractivity contribution in [3.05, 3.63) is 23.8 Å². The van der Waals surface area contributed by atoms with Gasteiger partial charge in [0.05, 0.1) is 11.7 Å². The highest BCUT2D eigenvalue weighted by Crippen LogP contribution is 2.32. The minimum absolute atomic E-state index is 0.0796. The first-order valence-electron chi connectivity index (χ1n) is 6.31. The second kappa shape index (κ2) is 5.29. The number of carbonyl (C=O) groups is 1. The van der Waals surface area contributed by atoms with E-state index in [0.717, 1.165) is 11.4 Å². The maximum absolute atomic E-state index is 10.6. The molecule has 1 aliphatic rings. The Balaban J connectivity index is 2.07. The van der Waals surface area contributed by atoms with Gasteiger partial charge in [-0.15, -0.1) is 0 Å². The van der Waals surface area contributed by atoms with E-state index in [1.807, 2.05) is 6.07 Å². The maximum Gasteiger partial charge on any atom is 0.303 e. The molecule has 0 amide bonds. The molecule has 1 aromatic carbocycles. The average Bonchev–Trinajstić information content (AvgIpc) is 2.35. The van der Waals surface area contributed by atoms with Crippen LogP contribution in [0.2, 0.25) is 0 Å². The topological polar surface area (TPSA) is 58.6 Å². The number of nitrogens with one attached hydrogen (secondary N) is 1. The molecule has 98 valence electrons. The molecule has 4 nitrogen and oxygen atoms in total. The van der Waals surface area contributed by atoms with Crippen LogP contribution in [-0.2, 0) is 4.79 Å². The molecule has 0 radical (unpaired) electrons. The van der Waals surface area contributed by atoms with Crippen LogP contribution in [0, 0.1) is 0 Å². The molecule has 1 aliphatic heterocycles. The Kier molecular flexibility index (Phi) is 3.75. The average molecular weight is 249 g/mol. The summed E-state index contributed by atoms with van der Waals surface area (Å²) in [7, 11) is 0. The summed E-state index contributed by atoms with van der Waals surface area (Å²) in [4.78, 5) is 10.6. The number of fused-ring (bicyclic) bond motifs is 1. The number of carboxylic acid groups (broad SMARTS) is 1. The third-order valence-electron chi connectivity index (χ3n) is 3.18. The molecule has 0 bridgehead atoms. The molecule has 18 heavy (non-hydrogen) atoms. The van der Waals surface area contributed by atoms with Gasteiger partial charge in [0.25, 0.3) is 0 Å². The Morgan fingerprint density at radius 1 is 1.56 bits per heavy atom. The summed E-state index contributed by atoms with van der Waals surface area (Å²) in [6.07, 6.45) is 0.751. The van der Waals surface area contributed by atoms with Crippen molar-refractivity contribution in [1.82, 2.24) is 0 Å². The third-order valence-corrected chi connectivity index (χ3v) is 3.18. The van der Waals surface area contributed by atoms with Gasteiger partial charge in [0.1, 0.15) is 12.4 Å². The van der Waals surface area contributed by atoms with Gasteiger partial charge in [0.15, 0.2) is 0 Å².